The number of hydrogen-bond acceptors (Lipinski definition) is 6. The second kappa shape index (κ2) is 12.9. The monoisotopic (exact) mass is 450 g/mol. The molecule has 2 N–H and O–H groups in total. The van der Waals surface area contributed by atoms with Crippen LogP contribution in [0.5, 0.6) is 11.5 Å². The van der Waals surface area contributed by atoms with Crippen molar-refractivity contribution in [2.45, 2.75) is 58.1 Å². The lowest BCUT2D eigenvalue weighted by molar-refractivity contribution is -0.159. The van der Waals surface area contributed by atoms with Crippen molar-refractivity contribution in [3.8, 4) is 11.5 Å². The Balaban J connectivity index is 0.000000534. The van der Waals surface area contributed by atoms with Crippen LogP contribution >= 0.6 is 0 Å². The zero-order valence-electron chi connectivity index (χ0n) is 18.9. The van der Waals surface area contributed by atoms with Crippen molar-refractivity contribution in [1.82, 2.24) is 9.80 Å². The highest BCUT2D eigenvalue weighted by atomic mass is 16.5. The molecule has 178 valence electrons. The van der Waals surface area contributed by atoms with Gasteiger partial charge in [0.05, 0.1) is 6.61 Å². The minimum atomic E-state index is -1.82. The molecule has 0 aliphatic carbocycles. The van der Waals surface area contributed by atoms with Crippen molar-refractivity contribution in [2.24, 2.45) is 0 Å². The number of hydrogen-bond donors (Lipinski definition) is 2. The van der Waals surface area contributed by atoms with Crippen LogP contribution in [0.15, 0.2) is 24.3 Å². The molecule has 1 aromatic rings. The molecule has 1 aromatic carbocycles. The van der Waals surface area contributed by atoms with Crippen LogP contribution in [0.4, 0.5) is 0 Å². The molecule has 9 nitrogen and oxygen atoms in total. The Labute approximate surface area is 188 Å². The molecule has 9 heteroatoms. The minimum absolute atomic E-state index is 0.157. The number of rotatable bonds is 7. The molecule has 2 aliphatic heterocycles. The van der Waals surface area contributed by atoms with Crippen LogP contribution in [0.2, 0.25) is 0 Å². The second-order valence-electron chi connectivity index (χ2n) is 8.13. The molecule has 2 saturated heterocycles. The largest absolute Gasteiger partial charge is 0.494 e. The highest BCUT2D eigenvalue weighted by Gasteiger charge is 2.22. The fraction of sp³-hybridized carbons (Fsp3) is 0.609. The number of aliphatic carboxylic acids is 2. The van der Waals surface area contributed by atoms with Gasteiger partial charge in [-0.15, -0.1) is 0 Å². The Hall–Kier alpha value is -2.81. The van der Waals surface area contributed by atoms with Gasteiger partial charge in [0.1, 0.15) is 17.6 Å². The van der Waals surface area contributed by atoms with E-state index in [-0.39, 0.29) is 12.0 Å². The van der Waals surface area contributed by atoms with Crippen molar-refractivity contribution in [3.05, 3.63) is 24.3 Å². The maximum Gasteiger partial charge on any atom is 0.414 e. The third kappa shape index (κ3) is 8.74. The summed E-state index contributed by atoms with van der Waals surface area (Å²) in [7, 11) is 0. The van der Waals surface area contributed by atoms with Crippen LogP contribution < -0.4 is 9.47 Å². The van der Waals surface area contributed by atoms with Crippen LogP contribution in [-0.4, -0.2) is 82.8 Å². The summed E-state index contributed by atoms with van der Waals surface area (Å²) in [5.74, 6) is -1.71. The first-order chi connectivity index (χ1) is 15.3. The summed E-state index contributed by atoms with van der Waals surface area (Å²) >= 11 is 0. The normalized spacial score (nSPS) is 19.1. The SMILES string of the molecule is CC(=O)N1CCC(Oc2ccc(OCCCN3CCC[C@H]3C)cc2)CC1.O=C(O)C(=O)O. The molecule has 0 radical (unpaired) electrons. The van der Waals surface area contributed by atoms with Crippen molar-refractivity contribution < 1.29 is 34.1 Å². The van der Waals surface area contributed by atoms with Crippen LogP contribution in [-0.2, 0) is 14.4 Å². The van der Waals surface area contributed by atoms with E-state index in [9.17, 15) is 4.79 Å². The van der Waals surface area contributed by atoms with Gasteiger partial charge in [-0.1, -0.05) is 0 Å². The van der Waals surface area contributed by atoms with E-state index in [1.165, 1.54) is 19.4 Å². The van der Waals surface area contributed by atoms with Gasteiger partial charge in [-0.25, -0.2) is 9.59 Å². The van der Waals surface area contributed by atoms with Gasteiger partial charge < -0.3 is 29.5 Å². The topological polar surface area (TPSA) is 117 Å². The number of carboxylic acid groups (broad SMARTS) is 2. The summed E-state index contributed by atoms with van der Waals surface area (Å²) in [5.41, 5.74) is 0. The quantitative estimate of drug-likeness (QED) is 0.481. The number of carbonyl (C=O) groups excluding carboxylic acids is 1. The second-order valence-corrected chi connectivity index (χ2v) is 8.13. The number of ether oxygens (including phenoxy) is 2. The Morgan fingerprint density at radius 2 is 1.56 bits per heavy atom. The third-order valence-electron chi connectivity index (χ3n) is 5.75. The third-order valence-corrected chi connectivity index (χ3v) is 5.75. The summed E-state index contributed by atoms with van der Waals surface area (Å²) in [4.78, 5) is 34.0. The van der Waals surface area contributed by atoms with Crippen molar-refractivity contribution in [3.63, 3.8) is 0 Å². The molecular weight excluding hydrogens is 416 g/mol. The molecule has 2 heterocycles. The van der Waals surface area contributed by atoms with Gasteiger partial charge >= 0.3 is 11.9 Å². The molecule has 0 aromatic heterocycles. The smallest absolute Gasteiger partial charge is 0.414 e. The van der Waals surface area contributed by atoms with E-state index < -0.39 is 11.9 Å². The fourth-order valence-electron chi connectivity index (χ4n) is 3.88. The van der Waals surface area contributed by atoms with Crippen molar-refractivity contribution in [1.29, 1.82) is 0 Å². The lowest BCUT2D eigenvalue weighted by atomic mass is 10.1. The van der Waals surface area contributed by atoms with Crippen molar-refractivity contribution in [2.75, 3.05) is 32.8 Å². The van der Waals surface area contributed by atoms with Crippen LogP contribution in [0.1, 0.15) is 46.0 Å². The van der Waals surface area contributed by atoms with Gasteiger partial charge in [-0.05, 0) is 57.0 Å². The van der Waals surface area contributed by atoms with E-state index in [1.54, 1.807) is 6.92 Å². The molecule has 0 saturated carbocycles. The maximum atomic E-state index is 11.4. The van der Waals surface area contributed by atoms with E-state index in [0.29, 0.717) is 0 Å². The summed E-state index contributed by atoms with van der Waals surface area (Å²) in [6.45, 7) is 8.64. The maximum absolute atomic E-state index is 11.4. The first-order valence-electron chi connectivity index (χ1n) is 11.1. The number of amides is 1. The summed E-state index contributed by atoms with van der Waals surface area (Å²) in [6.07, 6.45) is 5.71. The Kier molecular flexibility index (Phi) is 10.3. The predicted octanol–water partition coefficient (Wildman–Crippen LogP) is 2.49. The van der Waals surface area contributed by atoms with E-state index in [0.717, 1.165) is 63.0 Å². The average Bonchev–Trinajstić information content (AvgIpc) is 3.18. The average molecular weight is 451 g/mol. The summed E-state index contributed by atoms with van der Waals surface area (Å²) in [6, 6.07) is 8.66. The van der Waals surface area contributed by atoms with Gasteiger partial charge in [-0.3, -0.25) is 4.79 Å². The standard InChI is InChI=1S/C21H32N2O3.C2H2O4/c1-17-5-3-12-22(17)13-4-16-25-19-6-8-20(9-7-19)26-21-10-14-23(15-11-21)18(2)24;3-1(4)2(5)6/h6-9,17,21H,3-5,10-16H2,1-2H3;(H,3,4)(H,5,6)/t17-;/m1./s1. The van der Waals surface area contributed by atoms with Crippen LogP contribution in [0.25, 0.3) is 0 Å². The Bertz CT molecular complexity index is 733. The predicted molar refractivity (Wildman–Crippen MR) is 118 cm³/mol. The van der Waals surface area contributed by atoms with E-state index in [2.05, 4.69) is 11.8 Å². The molecule has 3 rings (SSSR count). The zero-order valence-corrected chi connectivity index (χ0v) is 18.9. The van der Waals surface area contributed by atoms with Gasteiger partial charge in [0.25, 0.3) is 0 Å². The van der Waals surface area contributed by atoms with E-state index >= 15 is 0 Å². The highest BCUT2D eigenvalue weighted by Crippen LogP contribution is 2.22. The molecule has 32 heavy (non-hydrogen) atoms. The van der Waals surface area contributed by atoms with Crippen LogP contribution in [0, 0.1) is 0 Å². The summed E-state index contributed by atoms with van der Waals surface area (Å²) in [5, 5.41) is 14.8. The number of piperidine rings is 1. The lowest BCUT2D eigenvalue weighted by Crippen LogP contribution is -2.40. The van der Waals surface area contributed by atoms with E-state index in [4.69, 9.17) is 29.3 Å². The molecule has 1 amide bonds. The highest BCUT2D eigenvalue weighted by molar-refractivity contribution is 6.27. The Morgan fingerprint density at radius 3 is 2.06 bits per heavy atom. The molecule has 0 unspecified atom stereocenters. The number of benzene rings is 1. The number of carboxylic acids is 2. The number of nitrogens with zero attached hydrogens (tertiary/aromatic N) is 2. The molecule has 2 fully saturated rings. The summed E-state index contributed by atoms with van der Waals surface area (Å²) < 4.78 is 11.9. The first-order valence-corrected chi connectivity index (χ1v) is 11.1. The van der Waals surface area contributed by atoms with Gasteiger partial charge in [0, 0.05) is 45.4 Å². The van der Waals surface area contributed by atoms with Crippen molar-refractivity contribution >= 4 is 17.8 Å². The van der Waals surface area contributed by atoms with E-state index in [1.807, 2.05) is 29.2 Å². The zero-order chi connectivity index (χ0) is 23.5. The lowest BCUT2D eigenvalue weighted by Gasteiger charge is -2.31. The molecule has 0 bridgehead atoms. The van der Waals surface area contributed by atoms with Gasteiger partial charge in [0.15, 0.2) is 0 Å². The van der Waals surface area contributed by atoms with Crippen LogP contribution in [0.3, 0.4) is 0 Å². The Morgan fingerprint density at radius 1 is 0.969 bits per heavy atom. The van der Waals surface area contributed by atoms with Gasteiger partial charge in [-0.2, -0.15) is 0 Å². The number of likely N-dealkylation sites (tertiary alicyclic amines) is 2. The molecule has 2 aliphatic rings. The molecular formula is C23H34N2O7. The number of carbonyl (C=O) groups is 3. The first kappa shape index (κ1) is 25.5. The van der Waals surface area contributed by atoms with Gasteiger partial charge in [0.2, 0.25) is 5.91 Å². The minimum Gasteiger partial charge on any atom is -0.494 e. The molecule has 0 spiro atoms. The molecule has 1 atom stereocenters. The fourth-order valence-corrected chi connectivity index (χ4v) is 3.88.